The Labute approximate surface area is 104 Å². The minimum Gasteiger partial charge on any atom is -0.351 e. The summed E-state index contributed by atoms with van der Waals surface area (Å²) in [6.45, 7) is 4.40. The molecule has 4 N–H and O–H groups in total. The highest BCUT2D eigenvalue weighted by Gasteiger charge is 2.13. The van der Waals surface area contributed by atoms with Gasteiger partial charge in [-0.25, -0.2) is 4.79 Å². The van der Waals surface area contributed by atoms with E-state index < -0.39 is 18.0 Å². The third-order valence-electron chi connectivity index (χ3n) is 2.29. The third-order valence-corrected chi connectivity index (χ3v) is 3.52. The van der Waals surface area contributed by atoms with Crippen molar-refractivity contribution in [3.8, 4) is 0 Å². The van der Waals surface area contributed by atoms with Crippen molar-refractivity contribution >= 4 is 23.3 Å². The molecular formula is C11H17N3O2S. The van der Waals surface area contributed by atoms with Crippen LogP contribution in [0.2, 0.25) is 0 Å². The molecule has 0 radical (unpaired) electrons. The maximum absolute atomic E-state index is 11.4. The van der Waals surface area contributed by atoms with Crippen molar-refractivity contribution < 1.29 is 9.59 Å². The second-order valence-corrected chi connectivity index (χ2v) is 4.93. The predicted molar refractivity (Wildman–Crippen MR) is 67.7 cm³/mol. The first-order valence-electron chi connectivity index (χ1n) is 5.44. The molecule has 0 bridgehead atoms. The largest absolute Gasteiger partial charge is 0.351 e. The van der Waals surface area contributed by atoms with Crippen LogP contribution in [0.3, 0.4) is 0 Å². The molecule has 5 nitrogen and oxygen atoms in total. The van der Waals surface area contributed by atoms with Crippen LogP contribution in [0.4, 0.5) is 4.79 Å². The lowest BCUT2D eigenvalue weighted by Crippen LogP contribution is -2.46. The van der Waals surface area contributed by atoms with E-state index in [-0.39, 0.29) is 0 Å². The van der Waals surface area contributed by atoms with E-state index in [1.165, 1.54) is 9.75 Å². The number of imide groups is 1. The molecule has 0 spiro atoms. The molecule has 0 saturated heterocycles. The van der Waals surface area contributed by atoms with Crippen LogP contribution >= 0.6 is 11.3 Å². The molecule has 1 atom stereocenters. The van der Waals surface area contributed by atoms with Crippen LogP contribution in [0.15, 0.2) is 12.1 Å². The summed E-state index contributed by atoms with van der Waals surface area (Å²) in [5.41, 5.74) is 4.86. The minimum atomic E-state index is -0.826. The molecular weight excluding hydrogens is 238 g/mol. The predicted octanol–water partition coefficient (Wildman–Crippen LogP) is 0.983. The van der Waals surface area contributed by atoms with Gasteiger partial charge in [0.05, 0.1) is 6.04 Å². The molecule has 0 aromatic carbocycles. The number of carbonyl (C=O) groups excluding carboxylic acids is 2. The zero-order chi connectivity index (χ0) is 12.8. The number of hydrogen-bond donors (Lipinski definition) is 3. The fourth-order valence-electron chi connectivity index (χ4n) is 1.28. The van der Waals surface area contributed by atoms with Gasteiger partial charge in [-0.3, -0.25) is 10.1 Å². The molecule has 1 rings (SSSR count). The quantitative estimate of drug-likeness (QED) is 0.733. The Kier molecular flexibility index (Phi) is 5.11. The zero-order valence-electron chi connectivity index (χ0n) is 9.95. The standard InChI is InChI=1S/C11H17N3O2S/c1-3-8-4-5-9(17-8)6-13-7(2)10(15)14-11(12)16/h4-5,7,13H,3,6H2,1-2H3,(H3,12,14,15,16). The van der Waals surface area contributed by atoms with Crippen LogP contribution < -0.4 is 16.4 Å². The lowest BCUT2D eigenvalue weighted by atomic mass is 10.3. The van der Waals surface area contributed by atoms with Crippen molar-refractivity contribution in [2.45, 2.75) is 32.9 Å². The monoisotopic (exact) mass is 255 g/mol. The van der Waals surface area contributed by atoms with Gasteiger partial charge in [0.25, 0.3) is 0 Å². The Morgan fingerprint density at radius 1 is 1.41 bits per heavy atom. The minimum absolute atomic E-state index is 0.412. The second-order valence-electron chi connectivity index (χ2n) is 3.68. The summed E-state index contributed by atoms with van der Waals surface area (Å²) in [5.74, 6) is -0.412. The van der Waals surface area contributed by atoms with Gasteiger partial charge in [0.1, 0.15) is 0 Å². The Bertz CT molecular complexity index is 403. The van der Waals surface area contributed by atoms with E-state index in [0.717, 1.165) is 6.42 Å². The van der Waals surface area contributed by atoms with E-state index in [9.17, 15) is 9.59 Å². The molecule has 1 heterocycles. The normalized spacial score (nSPS) is 12.1. The molecule has 0 aliphatic rings. The molecule has 0 aliphatic carbocycles. The van der Waals surface area contributed by atoms with E-state index in [2.05, 4.69) is 18.3 Å². The van der Waals surface area contributed by atoms with Gasteiger partial charge in [-0.1, -0.05) is 6.92 Å². The summed E-state index contributed by atoms with van der Waals surface area (Å²) in [7, 11) is 0. The summed E-state index contributed by atoms with van der Waals surface area (Å²) >= 11 is 1.71. The topological polar surface area (TPSA) is 84.2 Å². The molecule has 1 aromatic heterocycles. The number of rotatable bonds is 5. The average molecular weight is 255 g/mol. The number of hydrogen-bond acceptors (Lipinski definition) is 4. The Morgan fingerprint density at radius 2 is 2.06 bits per heavy atom. The van der Waals surface area contributed by atoms with Gasteiger partial charge in [-0.05, 0) is 25.5 Å². The fraction of sp³-hybridized carbons (Fsp3) is 0.455. The van der Waals surface area contributed by atoms with Crippen LogP contribution in [-0.4, -0.2) is 18.0 Å². The van der Waals surface area contributed by atoms with Crippen LogP contribution in [0, 0.1) is 0 Å². The van der Waals surface area contributed by atoms with Gasteiger partial charge < -0.3 is 11.1 Å². The van der Waals surface area contributed by atoms with E-state index >= 15 is 0 Å². The van der Waals surface area contributed by atoms with Gasteiger partial charge in [0.15, 0.2) is 0 Å². The van der Waals surface area contributed by atoms with Crippen molar-refractivity contribution in [1.82, 2.24) is 10.6 Å². The van der Waals surface area contributed by atoms with Crippen LogP contribution in [0.5, 0.6) is 0 Å². The summed E-state index contributed by atoms with van der Waals surface area (Å²) in [6, 6.07) is 2.84. The molecule has 1 aromatic rings. The first kappa shape index (κ1) is 13.7. The molecule has 17 heavy (non-hydrogen) atoms. The molecule has 6 heteroatoms. The number of aryl methyl sites for hydroxylation is 1. The summed E-state index contributed by atoms with van der Waals surface area (Å²) in [6.07, 6.45) is 1.02. The number of urea groups is 1. The number of thiophene rings is 1. The molecule has 0 saturated carbocycles. The highest BCUT2D eigenvalue weighted by atomic mass is 32.1. The van der Waals surface area contributed by atoms with Crippen molar-refractivity contribution in [2.75, 3.05) is 0 Å². The molecule has 0 fully saturated rings. The van der Waals surface area contributed by atoms with E-state index in [1.807, 2.05) is 11.4 Å². The lowest BCUT2D eigenvalue weighted by molar-refractivity contribution is -0.121. The molecule has 0 aliphatic heterocycles. The lowest BCUT2D eigenvalue weighted by Gasteiger charge is -2.11. The number of nitrogens with one attached hydrogen (secondary N) is 2. The molecule has 1 unspecified atom stereocenters. The number of primary amides is 1. The van der Waals surface area contributed by atoms with E-state index in [4.69, 9.17) is 5.73 Å². The van der Waals surface area contributed by atoms with Gasteiger partial charge in [0.2, 0.25) is 5.91 Å². The third kappa shape index (κ3) is 4.54. The Balaban J connectivity index is 2.39. The summed E-state index contributed by atoms with van der Waals surface area (Å²) in [5, 5.41) is 5.07. The maximum atomic E-state index is 11.4. The van der Waals surface area contributed by atoms with Crippen molar-refractivity contribution in [3.05, 3.63) is 21.9 Å². The number of carbonyl (C=O) groups is 2. The van der Waals surface area contributed by atoms with Crippen molar-refractivity contribution in [2.24, 2.45) is 5.73 Å². The first-order chi connectivity index (χ1) is 8.02. The van der Waals surface area contributed by atoms with E-state index in [1.54, 1.807) is 18.3 Å². The van der Waals surface area contributed by atoms with Crippen molar-refractivity contribution in [1.29, 1.82) is 0 Å². The van der Waals surface area contributed by atoms with E-state index in [0.29, 0.717) is 6.54 Å². The maximum Gasteiger partial charge on any atom is 0.318 e. The highest BCUT2D eigenvalue weighted by Crippen LogP contribution is 2.16. The Morgan fingerprint density at radius 3 is 2.59 bits per heavy atom. The summed E-state index contributed by atoms with van der Waals surface area (Å²) in [4.78, 5) is 24.3. The van der Waals surface area contributed by atoms with Crippen LogP contribution in [-0.2, 0) is 17.8 Å². The average Bonchev–Trinajstić information content (AvgIpc) is 2.72. The fourth-order valence-corrected chi connectivity index (χ4v) is 2.19. The first-order valence-corrected chi connectivity index (χ1v) is 6.25. The number of nitrogens with two attached hydrogens (primary N) is 1. The Hall–Kier alpha value is -1.40. The van der Waals surface area contributed by atoms with Gasteiger partial charge in [-0.2, -0.15) is 0 Å². The number of amides is 3. The van der Waals surface area contributed by atoms with Gasteiger partial charge >= 0.3 is 6.03 Å². The summed E-state index contributed by atoms with van der Waals surface area (Å²) < 4.78 is 0. The smallest absolute Gasteiger partial charge is 0.318 e. The van der Waals surface area contributed by atoms with Gasteiger partial charge in [0, 0.05) is 16.3 Å². The molecule has 94 valence electrons. The van der Waals surface area contributed by atoms with Gasteiger partial charge in [-0.15, -0.1) is 11.3 Å². The van der Waals surface area contributed by atoms with Crippen LogP contribution in [0.25, 0.3) is 0 Å². The second kappa shape index (κ2) is 6.36. The highest BCUT2D eigenvalue weighted by molar-refractivity contribution is 7.11. The van der Waals surface area contributed by atoms with Crippen LogP contribution in [0.1, 0.15) is 23.6 Å². The van der Waals surface area contributed by atoms with Crippen molar-refractivity contribution in [3.63, 3.8) is 0 Å². The SMILES string of the molecule is CCc1ccc(CNC(C)C(=O)NC(N)=O)s1. The molecule has 3 amide bonds. The zero-order valence-corrected chi connectivity index (χ0v) is 10.8.